The Morgan fingerprint density at radius 2 is 2.50 bits per heavy atom. The topological polar surface area (TPSA) is 56.2 Å². The molecular weight excluding hydrogens is 128 g/mol. The van der Waals surface area contributed by atoms with E-state index in [1.165, 1.54) is 0 Å². The van der Waals surface area contributed by atoms with Gasteiger partial charge >= 0.3 is 0 Å². The lowest BCUT2D eigenvalue weighted by Gasteiger charge is -1.91. The highest BCUT2D eigenvalue weighted by Crippen LogP contribution is 1.99. The normalized spacial score (nSPS) is 16.0. The molecule has 2 aromatic heterocycles. The van der Waals surface area contributed by atoms with E-state index >= 15 is 0 Å². The van der Waals surface area contributed by atoms with Gasteiger partial charge in [0.1, 0.15) is 5.82 Å². The summed E-state index contributed by atoms with van der Waals surface area (Å²) in [5.41, 5.74) is 5.37. The van der Waals surface area contributed by atoms with Gasteiger partial charge in [0.2, 0.25) is 0 Å². The molecule has 0 aliphatic heterocycles. The number of nitrogen functional groups attached to an aromatic ring is 1. The molecule has 0 amide bonds. The summed E-state index contributed by atoms with van der Waals surface area (Å²) in [6, 6.07) is -0.452. The summed E-state index contributed by atoms with van der Waals surface area (Å²) < 4.78 is 30.4. The average Bonchev–Trinajstić information content (AvgIpc) is 2.42. The number of nitrogens with two attached hydrogens (primary N) is 1. The smallest absolute Gasteiger partial charge is 0.153 e. The van der Waals surface area contributed by atoms with Crippen molar-refractivity contribution in [2.75, 3.05) is 5.73 Å². The van der Waals surface area contributed by atoms with Crippen LogP contribution in [0.3, 0.4) is 0 Å². The minimum atomic E-state index is -0.281. The lowest BCUT2D eigenvalue weighted by molar-refractivity contribution is 0.946. The summed E-state index contributed by atoms with van der Waals surface area (Å²) in [5, 5.41) is 3.67. The molecule has 0 unspecified atom stereocenters. The Bertz CT molecular complexity index is 520. The predicted molar refractivity (Wildman–Crippen MR) is 37.4 cm³/mol. The van der Waals surface area contributed by atoms with Crippen LogP contribution in [0.2, 0.25) is 0 Å². The van der Waals surface area contributed by atoms with Crippen LogP contribution in [0.5, 0.6) is 0 Å². The predicted octanol–water partition coefficient (Wildman–Crippen LogP) is 0.311. The van der Waals surface area contributed by atoms with Crippen molar-refractivity contribution in [3.8, 4) is 0 Å². The second kappa shape index (κ2) is 1.70. The van der Waals surface area contributed by atoms with Gasteiger partial charge < -0.3 is 5.73 Å². The number of fused-ring (bicyclic) bond motifs is 1. The first-order valence-electron chi connectivity index (χ1n) is 4.61. The Kier molecular flexibility index (Phi) is 0.437. The van der Waals surface area contributed by atoms with Gasteiger partial charge in [-0.15, -0.1) is 5.10 Å². The van der Waals surface area contributed by atoms with Gasteiger partial charge in [-0.05, 0) is 12.1 Å². The van der Waals surface area contributed by atoms with Crippen LogP contribution in [-0.2, 0) is 0 Å². The molecule has 4 heteroatoms. The summed E-state index contributed by atoms with van der Waals surface area (Å²) >= 11 is 0. The Morgan fingerprint density at radius 1 is 1.60 bits per heavy atom. The molecule has 0 spiro atoms. The van der Waals surface area contributed by atoms with Crippen molar-refractivity contribution in [2.45, 2.75) is 0 Å². The molecule has 2 N–H and O–H groups in total. The molecule has 50 valence electrons. The molecule has 2 heterocycles. The third-order valence-electron chi connectivity index (χ3n) is 1.03. The maximum atomic E-state index is 7.48. The number of imidazole rings is 1. The van der Waals surface area contributed by atoms with Crippen LogP contribution in [0.4, 0.5) is 5.82 Å². The fraction of sp³-hybridized carbons (Fsp3) is 0. The molecule has 0 aliphatic carbocycles. The molecule has 0 saturated carbocycles. The second-order valence-electron chi connectivity index (χ2n) is 1.71. The van der Waals surface area contributed by atoms with Crippen molar-refractivity contribution in [3.63, 3.8) is 0 Å². The quantitative estimate of drug-likeness (QED) is 0.570. The largest absolute Gasteiger partial charge is 0.382 e. The first kappa shape index (κ1) is 2.57. The van der Waals surface area contributed by atoms with Gasteiger partial charge in [0, 0.05) is 12.3 Å². The Morgan fingerprint density at radius 3 is 3.40 bits per heavy atom. The SMILES string of the molecule is [2H]c1nc2c([2H])c([2H])c(N)nn2c1[2H]. The van der Waals surface area contributed by atoms with Crippen molar-refractivity contribution >= 4 is 11.5 Å². The van der Waals surface area contributed by atoms with Gasteiger partial charge in [0.25, 0.3) is 0 Å². The molecule has 0 aromatic carbocycles. The molecule has 2 rings (SSSR count). The van der Waals surface area contributed by atoms with Crippen LogP contribution in [-0.4, -0.2) is 14.6 Å². The van der Waals surface area contributed by atoms with E-state index in [2.05, 4.69) is 10.1 Å². The minimum absolute atomic E-state index is 0.0131. The van der Waals surface area contributed by atoms with Crippen molar-refractivity contribution in [1.82, 2.24) is 14.6 Å². The van der Waals surface area contributed by atoms with Gasteiger partial charge in [-0.25, -0.2) is 9.50 Å². The van der Waals surface area contributed by atoms with E-state index < -0.39 is 0 Å². The van der Waals surface area contributed by atoms with Gasteiger partial charge in [0.15, 0.2) is 5.65 Å². The number of aromatic nitrogens is 3. The Hall–Kier alpha value is -1.58. The van der Waals surface area contributed by atoms with E-state index in [4.69, 9.17) is 11.2 Å². The van der Waals surface area contributed by atoms with Crippen molar-refractivity contribution < 1.29 is 5.48 Å². The molecule has 0 atom stereocenters. The van der Waals surface area contributed by atoms with E-state index in [0.29, 0.717) is 0 Å². The first-order chi connectivity index (χ1) is 6.52. The zero-order valence-corrected chi connectivity index (χ0v) is 4.92. The number of anilines is 1. The maximum Gasteiger partial charge on any atom is 0.153 e. The molecule has 0 fully saturated rings. The van der Waals surface area contributed by atoms with Crippen LogP contribution in [0.15, 0.2) is 24.4 Å². The van der Waals surface area contributed by atoms with Gasteiger partial charge in [-0.3, -0.25) is 0 Å². The van der Waals surface area contributed by atoms with Gasteiger partial charge in [0.05, 0.1) is 5.48 Å². The zero-order chi connectivity index (χ0) is 10.5. The van der Waals surface area contributed by atoms with E-state index in [-0.39, 0.29) is 35.9 Å². The number of nitrogens with zero attached hydrogens (tertiary/aromatic N) is 3. The van der Waals surface area contributed by atoms with Crippen molar-refractivity contribution in [1.29, 1.82) is 0 Å². The fourth-order valence-electron chi connectivity index (χ4n) is 0.632. The second-order valence-corrected chi connectivity index (χ2v) is 1.71. The van der Waals surface area contributed by atoms with E-state index in [1.54, 1.807) is 0 Å². The molecule has 0 saturated heterocycles. The Balaban J connectivity index is 2.98. The third-order valence-corrected chi connectivity index (χ3v) is 1.03. The van der Waals surface area contributed by atoms with E-state index in [9.17, 15) is 0 Å². The van der Waals surface area contributed by atoms with Crippen molar-refractivity contribution in [2.24, 2.45) is 0 Å². The monoisotopic (exact) mass is 138 g/mol. The molecular formula is C6H6N4. The highest BCUT2D eigenvalue weighted by atomic mass is 15.3. The highest BCUT2D eigenvalue weighted by Gasteiger charge is 1.91. The van der Waals surface area contributed by atoms with Crippen molar-refractivity contribution in [3.05, 3.63) is 24.4 Å². The number of hydrogen-bond acceptors (Lipinski definition) is 3. The van der Waals surface area contributed by atoms with Crippen LogP contribution >= 0.6 is 0 Å². The first-order valence-corrected chi connectivity index (χ1v) is 2.61. The zero-order valence-electron chi connectivity index (χ0n) is 8.92. The lowest BCUT2D eigenvalue weighted by Crippen LogP contribution is -1.95. The molecule has 0 bridgehead atoms. The molecule has 10 heavy (non-hydrogen) atoms. The van der Waals surface area contributed by atoms with Crippen LogP contribution in [0, 0.1) is 0 Å². The summed E-state index contributed by atoms with van der Waals surface area (Å²) in [6.07, 6.45) is -0.517. The lowest BCUT2D eigenvalue weighted by atomic mass is 10.5. The number of hydrogen-bond donors (Lipinski definition) is 1. The van der Waals surface area contributed by atoms with Gasteiger partial charge in [-0.1, -0.05) is 0 Å². The third kappa shape index (κ3) is 0.621. The minimum Gasteiger partial charge on any atom is -0.382 e. The van der Waals surface area contributed by atoms with Crippen LogP contribution < -0.4 is 5.73 Å². The summed E-state index contributed by atoms with van der Waals surface area (Å²) in [7, 11) is 0. The van der Waals surface area contributed by atoms with E-state index in [1.807, 2.05) is 0 Å². The van der Waals surface area contributed by atoms with E-state index in [0.717, 1.165) is 4.52 Å². The summed E-state index contributed by atoms with van der Waals surface area (Å²) in [4.78, 5) is 3.63. The number of rotatable bonds is 0. The van der Waals surface area contributed by atoms with Crippen LogP contribution in [0.25, 0.3) is 5.65 Å². The molecule has 0 radical (unpaired) electrons. The summed E-state index contributed by atoms with van der Waals surface area (Å²) in [6.45, 7) is 0. The highest BCUT2D eigenvalue weighted by molar-refractivity contribution is 5.41. The standard InChI is InChI=1S/C6H6N4/c7-5-1-2-6-8-3-4-10(6)9-5/h1-4H,(H2,7,9)/i1D,2D,3D,4D. The molecule has 0 aliphatic rings. The molecule has 2 aromatic rings. The Labute approximate surface area is 62.9 Å². The fourth-order valence-corrected chi connectivity index (χ4v) is 0.632. The van der Waals surface area contributed by atoms with Crippen LogP contribution in [0.1, 0.15) is 5.48 Å². The average molecular weight is 138 g/mol. The van der Waals surface area contributed by atoms with Gasteiger partial charge in [-0.2, -0.15) is 0 Å². The molecule has 4 nitrogen and oxygen atoms in total. The summed E-state index contributed by atoms with van der Waals surface area (Å²) in [5.74, 6) is -0.145. The maximum absolute atomic E-state index is 7.48.